The minimum Gasteiger partial charge on any atom is -0.369 e. The number of nitrogens with two attached hydrogens (primary N) is 1. The first-order valence-corrected chi connectivity index (χ1v) is 4.84. The Kier molecular flexibility index (Phi) is 3.92. The second-order valence-electron chi connectivity index (χ2n) is 3.48. The highest BCUT2D eigenvalue weighted by molar-refractivity contribution is 5.78. The minimum atomic E-state index is -0.299. The molecule has 15 heavy (non-hydrogen) atoms. The van der Waals surface area contributed by atoms with Gasteiger partial charge in [0.2, 0.25) is 5.91 Å². The third-order valence-corrected chi connectivity index (χ3v) is 2.50. The number of carbonyl (C=O) groups is 2. The Morgan fingerprint density at radius 1 is 1.47 bits per heavy atom. The van der Waals surface area contributed by atoms with Crippen LogP contribution in [0.4, 0.5) is 4.79 Å². The summed E-state index contributed by atoms with van der Waals surface area (Å²) in [5.41, 5.74) is 5.17. The first-order chi connectivity index (χ1) is 7.15. The lowest BCUT2D eigenvalue weighted by Gasteiger charge is -2.30. The van der Waals surface area contributed by atoms with E-state index in [1.807, 2.05) is 6.07 Å². The van der Waals surface area contributed by atoms with Crippen molar-refractivity contribution in [1.82, 2.24) is 10.2 Å². The van der Waals surface area contributed by atoms with Crippen LogP contribution in [-0.2, 0) is 4.79 Å². The largest absolute Gasteiger partial charge is 0.369 e. The van der Waals surface area contributed by atoms with Crippen LogP contribution in [0.1, 0.15) is 12.8 Å². The number of rotatable bonds is 2. The van der Waals surface area contributed by atoms with Gasteiger partial charge in [-0.05, 0) is 12.8 Å². The van der Waals surface area contributed by atoms with Gasteiger partial charge in [0.05, 0.1) is 6.07 Å². The van der Waals surface area contributed by atoms with E-state index < -0.39 is 0 Å². The fraction of sp³-hybridized carbons (Fsp3) is 0.667. The molecule has 1 aliphatic rings. The number of hydrogen-bond acceptors (Lipinski definition) is 3. The van der Waals surface area contributed by atoms with Crippen LogP contribution in [0.15, 0.2) is 0 Å². The van der Waals surface area contributed by atoms with Gasteiger partial charge in [-0.3, -0.25) is 4.79 Å². The summed E-state index contributed by atoms with van der Waals surface area (Å²) in [5.74, 6) is -0.419. The van der Waals surface area contributed by atoms with Gasteiger partial charge in [0, 0.05) is 19.0 Å². The van der Waals surface area contributed by atoms with Crippen molar-refractivity contribution in [2.24, 2.45) is 11.7 Å². The van der Waals surface area contributed by atoms with Crippen molar-refractivity contribution in [2.45, 2.75) is 12.8 Å². The number of nitrogens with zero attached hydrogens (tertiary/aromatic N) is 2. The van der Waals surface area contributed by atoms with Crippen LogP contribution in [0.5, 0.6) is 0 Å². The Bertz CT molecular complexity index is 289. The van der Waals surface area contributed by atoms with Gasteiger partial charge in [-0.1, -0.05) is 0 Å². The number of carbonyl (C=O) groups excluding carboxylic acids is 2. The number of piperidine rings is 1. The quantitative estimate of drug-likeness (QED) is 0.596. The van der Waals surface area contributed by atoms with Crippen molar-refractivity contribution in [3.8, 4) is 6.07 Å². The van der Waals surface area contributed by atoms with Crippen LogP contribution in [0.2, 0.25) is 0 Å². The number of nitrogens with one attached hydrogen (secondary N) is 1. The van der Waals surface area contributed by atoms with Crippen LogP contribution in [0.3, 0.4) is 0 Å². The Hall–Kier alpha value is -1.77. The number of urea groups is 1. The molecule has 0 atom stereocenters. The number of primary amides is 1. The summed E-state index contributed by atoms with van der Waals surface area (Å²) in [6.07, 6.45) is 1.21. The molecule has 0 spiro atoms. The van der Waals surface area contributed by atoms with Gasteiger partial charge in [-0.15, -0.1) is 0 Å². The molecule has 1 aliphatic heterocycles. The molecule has 3 amide bonds. The van der Waals surface area contributed by atoms with Crippen LogP contribution in [-0.4, -0.2) is 36.5 Å². The second-order valence-corrected chi connectivity index (χ2v) is 3.48. The summed E-state index contributed by atoms with van der Waals surface area (Å²) in [5, 5.41) is 10.7. The third kappa shape index (κ3) is 3.13. The summed E-state index contributed by atoms with van der Waals surface area (Å²) in [4.78, 5) is 23.8. The second kappa shape index (κ2) is 5.20. The van der Waals surface area contributed by atoms with Crippen molar-refractivity contribution in [3.05, 3.63) is 0 Å². The molecule has 0 saturated carbocycles. The van der Waals surface area contributed by atoms with Gasteiger partial charge in [-0.2, -0.15) is 5.26 Å². The average Bonchev–Trinajstić information content (AvgIpc) is 2.26. The Labute approximate surface area is 88.0 Å². The van der Waals surface area contributed by atoms with E-state index in [4.69, 9.17) is 11.0 Å². The molecule has 1 fully saturated rings. The predicted octanol–water partition coefficient (Wildman–Crippen LogP) is -0.583. The minimum absolute atomic E-state index is 0.00851. The number of likely N-dealkylation sites (tertiary alicyclic amines) is 1. The fourth-order valence-electron chi connectivity index (χ4n) is 1.59. The molecule has 0 bridgehead atoms. The average molecular weight is 210 g/mol. The van der Waals surface area contributed by atoms with Crippen molar-refractivity contribution in [1.29, 1.82) is 5.26 Å². The number of nitriles is 1. The van der Waals surface area contributed by atoms with E-state index in [0.717, 1.165) is 0 Å². The summed E-state index contributed by atoms with van der Waals surface area (Å²) in [6, 6.07) is 1.58. The van der Waals surface area contributed by atoms with E-state index in [-0.39, 0.29) is 24.4 Å². The lowest BCUT2D eigenvalue weighted by atomic mass is 9.96. The zero-order valence-corrected chi connectivity index (χ0v) is 8.40. The smallest absolute Gasteiger partial charge is 0.318 e. The van der Waals surface area contributed by atoms with Gasteiger partial charge in [0.15, 0.2) is 0 Å². The zero-order valence-electron chi connectivity index (χ0n) is 8.40. The molecular weight excluding hydrogens is 196 g/mol. The van der Waals surface area contributed by atoms with E-state index in [0.29, 0.717) is 25.9 Å². The molecule has 0 aromatic rings. The monoisotopic (exact) mass is 210 g/mol. The van der Waals surface area contributed by atoms with Crippen molar-refractivity contribution >= 4 is 11.9 Å². The summed E-state index contributed by atoms with van der Waals surface area (Å²) < 4.78 is 0. The van der Waals surface area contributed by atoms with Gasteiger partial charge in [0.1, 0.15) is 6.54 Å². The molecule has 0 radical (unpaired) electrons. The van der Waals surface area contributed by atoms with Gasteiger partial charge < -0.3 is 16.0 Å². The van der Waals surface area contributed by atoms with Crippen LogP contribution >= 0.6 is 0 Å². The van der Waals surface area contributed by atoms with Gasteiger partial charge in [0.25, 0.3) is 0 Å². The Morgan fingerprint density at radius 2 is 2.07 bits per heavy atom. The first-order valence-electron chi connectivity index (χ1n) is 4.84. The molecule has 0 unspecified atom stereocenters. The van der Waals surface area contributed by atoms with Crippen LogP contribution in [0, 0.1) is 17.2 Å². The topological polar surface area (TPSA) is 99.2 Å². The van der Waals surface area contributed by atoms with Crippen molar-refractivity contribution in [3.63, 3.8) is 0 Å². The first kappa shape index (κ1) is 11.3. The molecule has 6 nitrogen and oxygen atoms in total. The summed E-state index contributed by atoms with van der Waals surface area (Å²) in [7, 11) is 0. The van der Waals surface area contributed by atoms with Crippen molar-refractivity contribution in [2.75, 3.05) is 19.6 Å². The molecule has 0 aliphatic carbocycles. The van der Waals surface area contributed by atoms with Crippen LogP contribution < -0.4 is 11.1 Å². The normalized spacial score (nSPS) is 16.9. The standard InChI is InChI=1S/C9H14N4O2/c10-3-4-12-9(15)13-5-1-7(2-6-13)8(11)14/h7H,1-2,4-6H2,(H2,11,14)(H,12,15). The predicted molar refractivity (Wildman–Crippen MR) is 52.5 cm³/mol. The van der Waals surface area contributed by atoms with E-state index in [2.05, 4.69) is 5.32 Å². The molecule has 6 heteroatoms. The van der Waals surface area contributed by atoms with E-state index in [1.54, 1.807) is 4.90 Å². The van der Waals surface area contributed by atoms with E-state index >= 15 is 0 Å². The van der Waals surface area contributed by atoms with Gasteiger partial charge >= 0.3 is 6.03 Å². The highest BCUT2D eigenvalue weighted by atomic mass is 16.2. The van der Waals surface area contributed by atoms with Crippen LogP contribution in [0.25, 0.3) is 0 Å². The van der Waals surface area contributed by atoms with Gasteiger partial charge in [-0.25, -0.2) is 4.79 Å². The molecule has 1 heterocycles. The molecule has 0 aromatic carbocycles. The number of hydrogen-bond donors (Lipinski definition) is 2. The highest BCUT2D eigenvalue weighted by Gasteiger charge is 2.25. The lowest BCUT2D eigenvalue weighted by Crippen LogP contribution is -2.46. The van der Waals surface area contributed by atoms with Crippen molar-refractivity contribution < 1.29 is 9.59 Å². The summed E-state index contributed by atoms with van der Waals surface area (Å²) >= 11 is 0. The Morgan fingerprint density at radius 3 is 2.53 bits per heavy atom. The molecular formula is C9H14N4O2. The van der Waals surface area contributed by atoms with E-state index in [9.17, 15) is 9.59 Å². The maximum Gasteiger partial charge on any atom is 0.318 e. The lowest BCUT2D eigenvalue weighted by molar-refractivity contribution is -0.122. The maximum absolute atomic E-state index is 11.4. The molecule has 82 valence electrons. The molecule has 1 saturated heterocycles. The SMILES string of the molecule is N#CCNC(=O)N1CCC(C(N)=O)CC1. The Balaban J connectivity index is 2.34. The summed E-state index contributed by atoms with van der Waals surface area (Å²) in [6.45, 7) is 1.05. The fourth-order valence-corrected chi connectivity index (χ4v) is 1.59. The number of amides is 3. The molecule has 0 aromatic heterocycles. The highest BCUT2D eigenvalue weighted by Crippen LogP contribution is 2.16. The zero-order chi connectivity index (χ0) is 11.3. The molecule has 3 N–H and O–H groups in total. The maximum atomic E-state index is 11.4. The third-order valence-electron chi connectivity index (χ3n) is 2.50. The molecule has 1 rings (SSSR count). The van der Waals surface area contributed by atoms with E-state index in [1.165, 1.54) is 0 Å².